The van der Waals surface area contributed by atoms with Crippen molar-refractivity contribution in [3.63, 3.8) is 0 Å². The topological polar surface area (TPSA) is 68.5 Å². The second-order valence-electron chi connectivity index (χ2n) is 6.32. The second-order valence-corrected chi connectivity index (χ2v) is 6.32. The molecule has 0 fully saturated rings. The Bertz CT molecular complexity index is 723. The van der Waals surface area contributed by atoms with Gasteiger partial charge in [-0.1, -0.05) is 6.07 Å². The van der Waals surface area contributed by atoms with Crippen molar-refractivity contribution >= 4 is 29.9 Å². The lowest BCUT2D eigenvalue weighted by atomic mass is 10.1. The molecule has 7 nitrogen and oxygen atoms in total. The van der Waals surface area contributed by atoms with Gasteiger partial charge < -0.3 is 28.8 Å². The second kappa shape index (κ2) is 14.1. The first-order valence-corrected chi connectivity index (χ1v) is 9.40. The van der Waals surface area contributed by atoms with E-state index in [1.54, 1.807) is 27.5 Å². The zero-order valence-electron chi connectivity index (χ0n) is 17.6. The van der Waals surface area contributed by atoms with Crippen LogP contribution in [-0.4, -0.2) is 58.9 Å². The molecule has 1 heterocycles. The van der Waals surface area contributed by atoms with Crippen molar-refractivity contribution in [3.05, 3.63) is 47.9 Å². The standard InChI is InChI=1S/C21H31N3O4.HI/c1-22-21(23-11-6-13-27-16-18-7-5-14-28-18)24(2)12-10-17-8-9-19(25-3)20(15-17)26-4;/h5,7-9,14-15H,6,10-13,16H2,1-4H3,(H,22,23);1H. The average molecular weight is 517 g/mol. The number of aliphatic imine (C=N–C) groups is 1. The summed E-state index contributed by atoms with van der Waals surface area (Å²) in [4.78, 5) is 6.46. The van der Waals surface area contributed by atoms with Gasteiger partial charge in [-0.25, -0.2) is 0 Å². The molecule has 8 heteroatoms. The third-order valence-corrected chi connectivity index (χ3v) is 4.33. The van der Waals surface area contributed by atoms with Gasteiger partial charge in [0, 0.05) is 33.8 Å². The molecule has 0 aliphatic carbocycles. The molecule has 1 N–H and O–H groups in total. The summed E-state index contributed by atoms with van der Waals surface area (Å²) in [5, 5.41) is 3.37. The summed E-state index contributed by atoms with van der Waals surface area (Å²) >= 11 is 0. The Labute approximate surface area is 190 Å². The molecule has 0 bridgehead atoms. The molecule has 0 amide bonds. The van der Waals surface area contributed by atoms with E-state index in [1.165, 1.54) is 5.56 Å². The fourth-order valence-electron chi connectivity index (χ4n) is 2.77. The number of benzene rings is 1. The predicted molar refractivity (Wildman–Crippen MR) is 126 cm³/mol. The van der Waals surface area contributed by atoms with Gasteiger partial charge in [-0.2, -0.15) is 0 Å². The van der Waals surface area contributed by atoms with Crippen LogP contribution in [0, 0.1) is 0 Å². The number of nitrogens with zero attached hydrogens (tertiary/aromatic N) is 2. The molecule has 0 saturated heterocycles. The molecule has 2 aromatic rings. The van der Waals surface area contributed by atoms with Gasteiger partial charge >= 0.3 is 0 Å². The molecule has 1 aromatic heterocycles. The minimum absolute atomic E-state index is 0. The molecule has 162 valence electrons. The highest BCUT2D eigenvalue weighted by Crippen LogP contribution is 2.27. The minimum Gasteiger partial charge on any atom is -0.493 e. The molecule has 0 radical (unpaired) electrons. The van der Waals surface area contributed by atoms with E-state index in [0.29, 0.717) is 13.2 Å². The SMILES string of the molecule is CN=C(NCCCOCc1ccco1)N(C)CCc1ccc(OC)c(OC)c1.I. The van der Waals surface area contributed by atoms with Gasteiger partial charge in [0.2, 0.25) is 0 Å². The highest BCUT2D eigenvalue weighted by molar-refractivity contribution is 14.0. The number of methoxy groups -OCH3 is 2. The summed E-state index contributed by atoms with van der Waals surface area (Å²) in [6.45, 7) is 2.81. The lowest BCUT2D eigenvalue weighted by Crippen LogP contribution is -2.40. The number of furan rings is 1. The molecule has 0 atom stereocenters. The zero-order chi connectivity index (χ0) is 20.2. The molecule has 1 aromatic carbocycles. The number of ether oxygens (including phenoxy) is 3. The van der Waals surface area contributed by atoms with Crippen molar-refractivity contribution in [1.29, 1.82) is 0 Å². The first-order valence-electron chi connectivity index (χ1n) is 9.40. The van der Waals surface area contributed by atoms with Crippen LogP contribution in [0.1, 0.15) is 17.7 Å². The van der Waals surface area contributed by atoms with E-state index in [1.807, 2.05) is 31.3 Å². The van der Waals surface area contributed by atoms with Crippen LogP contribution in [0.4, 0.5) is 0 Å². The Morgan fingerprint density at radius 2 is 1.97 bits per heavy atom. The lowest BCUT2D eigenvalue weighted by Gasteiger charge is -2.22. The number of hydrogen-bond donors (Lipinski definition) is 1. The van der Waals surface area contributed by atoms with Crippen LogP contribution < -0.4 is 14.8 Å². The predicted octanol–water partition coefficient (Wildman–Crippen LogP) is 3.57. The zero-order valence-corrected chi connectivity index (χ0v) is 20.0. The third-order valence-electron chi connectivity index (χ3n) is 4.33. The number of rotatable bonds is 11. The summed E-state index contributed by atoms with van der Waals surface area (Å²) in [6.07, 6.45) is 3.43. The Morgan fingerprint density at radius 1 is 1.17 bits per heavy atom. The molecular formula is C21H32IN3O4. The number of likely N-dealkylation sites (N-methyl/N-ethyl adjacent to an activating group) is 1. The van der Waals surface area contributed by atoms with Crippen molar-refractivity contribution in [3.8, 4) is 11.5 Å². The van der Waals surface area contributed by atoms with Crippen molar-refractivity contribution in [2.45, 2.75) is 19.4 Å². The van der Waals surface area contributed by atoms with Crippen LogP contribution >= 0.6 is 24.0 Å². The average Bonchev–Trinajstić information content (AvgIpc) is 3.24. The van der Waals surface area contributed by atoms with Gasteiger partial charge in [-0.3, -0.25) is 4.99 Å². The fourth-order valence-corrected chi connectivity index (χ4v) is 2.77. The summed E-state index contributed by atoms with van der Waals surface area (Å²) in [5.41, 5.74) is 1.19. The minimum atomic E-state index is 0. The van der Waals surface area contributed by atoms with Gasteiger partial charge in [0.15, 0.2) is 17.5 Å². The molecule has 0 spiro atoms. The molecular weight excluding hydrogens is 485 g/mol. The maximum absolute atomic E-state index is 5.59. The van der Waals surface area contributed by atoms with Crippen LogP contribution in [0.5, 0.6) is 11.5 Å². The fraction of sp³-hybridized carbons (Fsp3) is 0.476. The smallest absolute Gasteiger partial charge is 0.193 e. The first kappa shape index (κ1) is 25.1. The largest absolute Gasteiger partial charge is 0.493 e. The molecule has 0 unspecified atom stereocenters. The lowest BCUT2D eigenvalue weighted by molar-refractivity contribution is 0.104. The molecule has 29 heavy (non-hydrogen) atoms. The summed E-state index contributed by atoms with van der Waals surface area (Å²) < 4.78 is 21.5. The van der Waals surface area contributed by atoms with Crippen molar-refractivity contribution in [2.75, 3.05) is 48.0 Å². The Kier molecular flexibility index (Phi) is 12.2. The normalized spacial score (nSPS) is 11.0. The van der Waals surface area contributed by atoms with Crippen molar-refractivity contribution in [2.24, 2.45) is 4.99 Å². The molecule has 0 saturated carbocycles. The van der Waals surface area contributed by atoms with E-state index in [4.69, 9.17) is 18.6 Å². The molecule has 0 aliphatic rings. The van der Waals surface area contributed by atoms with E-state index in [-0.39, 0.29) is 24.0 Å². The number of nitrogens with one attached hydrogen (secondary N) is 1. The van der Waals surface area contributed by atoms with Gasteiger partial charge in [0.05, 0.1) is 20.5 Å². The van der Waals surface area contributed by atoms with Gasteiger partial charge in [-0.15, -0.1) is 24.0 Å². The number of hydrogen-bond acceptors (Lipinski definition) is 5. The van der Waals surface area contributed by atoms with E-state index in [9.17, 15) is 0 Å². The van der Waals surface area contributed by atoms with E-state index >= 15 is 0 Å². The monoisotopic (exact) mass is 517 g/mol. The van der Waals surface area contributed by atoms with Crippen LogP contribution in [0.25, 0.3) is 0 Å². The van der Waals surface area contributed by atoms with E-state index in [0.717, 1.165) is 49.1 Å². The van der Waals surface area contributed by atoms with Crippen LogP contribution in [0.3, 0.4) is 0 Å². The molecule has 2 rings (SSSR count). The van der Waals surface area contributed by atoms with E-state index in [2.05, 4.69) is 21.3 Å². The van der Waals surface area contributed by atoms with Gasteiger partial charge in [0.25, 0.3) is 0 Å². The van der Waals surface area contributed by atoms with Gasteiger partial charge in [0.1, 0.15) is 12.4 Å². The van der Waals surface area contributed by atoms with Crippen LogP contribution in [-0.2, 0) is 17.8 Å². The Morgan fingerprint density at radius 3 is 2.62 bits per heavy atom. The number of guanidine groups is 1. The Balaban J connectivity index is 0.00000420. The Hall–Kier alpha value is -1.94. The summed E-state index contributed by atoms with van der Waals surface area (Å²) in [5.74, 6) is 3.20. The third kappa shape index (κ3) is 8.53. The van der Waals surface area contributed by atoms with Gasteiger partial charge in [-0.05, 0) is 42.7 Å². The van der Waals surface area contributed by atoms with Crippen molar-refractivity contribution < 1.29 is 18.6 Å². The van der Waals surface area contributed by atoms with E-state index < -0.39 is 0 Å². The van der Waals surface area contributed by atoms with Crippen LogP contribution in [0.2, 0.25) is 0 Å². The quantitative estimate of drug-likeness (QED) is 0.213. The maximum atomic E-state index is 5.59. The number of halogens is 1. The highest BCUT2D eigenvalue weighted by atomic mass is 127. The first-order chi connectivity index (χ1) is 13.7. The maximum Gasteiger partial charge on any atom is 0.193 e. The highest BCUT2D eigenvalue weighted by Gasteiger charge is 2.08. The molecule has 0 aliphatic heterocycles. The van der Waals surface area contributed by atoms with Crippen molar-refractivity contribution in [1.82, 2.24) is 10.2 Å². The summed E-state index contributed by atoms with van der Waals surface area (Å²) in [6, 6.07) is 9.78. The summed E-state index contributed by atoms with van der Waals surface area (Å²) in [7, 11) is 7.12. The van der Waals surface area contributed by atoms with Crippen LogP contribution in [0.15, 0.2) is 46.0 Å².